The van der Waals surface area contributed by atoms with Crippen molar-refractivity contribution in [3.63, 3.8) is 0 Å². The Labute approximate surface area is 85.0 Å². The minimum Gasteiger partial charge on any atom is -0.410 e. The van der Waals surface area contributed by atoms with Crippen LogP contribution in [0.4, 0.5) is 0 Å². The van der Waals surface area contributed by atoms with E-state index in [1.165, 1.54) is 18.2 Å². The second kappa shape index (κ2) is 4.40. The van der Waals surface area contributed by atoms with Crippen molar-refractivity contribution in [2.45, 2.75) is 0 Å². The Morgan fingerprint density at radius 3 is 2.64 bits per heavy atom. The largest absolute Gasteiger partial charge is 0.410 e. The number of hydrogen-bond donors (Lipinski definition) is 1. The maximum absolute atomic E-state index is 11.4. The molecule has 0 heterocycles. The molecule has 0 saturated heterocycles. The molecule has 0 spiro atoms. The van der Waals surface area contributed by atoms with Crippen molar-refractivity contribution >= 4 is 23.1 Å². The molecular weight excluding hydrogens is 204 g/mol. The molecule has 0 radical (unpaired) electrons. The van der Waals surface area contributed by atoms with Gasteiger partial charge in [0.25, 0.3) is 0 Å². The number of carbonyl (C=O) groups is 1. The number of nitrogens with zero attached hydrogens (tertiary/aromatic N) is 2. The molecule has 14 heavy (non-hydrogen) atoms. The highest BCUT2D eigenvalue weighted by Crippen LogP contribution is 2.15. The van der Waals surface area contributed by atoms with Gasteiger partial charge in [0.05, 0.1) is 5.02 Å². The van der Waals surface area contributed by atoms with Crippen molar-refractivity contribution in [3.05, 3.63) is 34.9 Å². The van der Waals surface area contributed by atoms with Crippen LogP contribution >= 0.6 is 11.6 Å². The molecule has 70 valence electrons. The SMILES string of the molecule is N#C/C(=N/O)C(=O)c1ccccc1Cl. The third-order valence-electron chi connectivity index (χ3n) is 1.54. The van der Waals surface area contributed by atoms with Gasteiger partial charge in [-0.25, -0.2) is 0 Å². The molecule has 1 rings (SSSR count). The summed E-state index contributed by atoms with van der Waals surface area (Å²) in [4.78, 5) is 11.4. The lowest BCUT2D eigenvalue weighted by Gasteiger charge is -1.98. The molecule has 0 saturated carbocycles. The quantitative estimate of drug-likeness (QED) is 0.349. The Morgan fingerprint density at radius 2 is 2.14 bits per heavy atom. The summed E-state index contributed by atoms with van der Waals surface area (Å²) in [6.45, 7) is 0. The zero-order valence-electron chi connectivity index (χ0n) is 6.94. The summed E-state index contributed by atoms with van der Waals surface area (Å²) in [5.74, 6) is -0.694. The van der Waals surface area contributed by atoms with Crippen molar-refractivity contribution in [1.82, 2.24) is 0 Å². The first-order valence-corrected chi connectivity index (χ1v) is 4.00. The standard InChI is InChI=1S/C9H5ClN2O2/c10-7-4-2-1-3-6(7)9(13)8(5-11)12-14/h1-4,14H/b12-8-. The zero-order chi connectivity index (χ0) is 10.6. The molecular formula is C9H5ClN2O2. The van der Waals surface area contributed by atoms with Crippen molar-refractivity contribution in [2.24, 2.45) is 5.16 Å². The minimum atomic E-state index is -0.694. The molecule has 0 aliphatic heterocycles. The predicted molar refractivity (Wildman–Crippen MR) is 50.6 cm³/mol. The van der Waals surface area contributed by atoms with E-state index in [2.05, 4.69) is 5.16 Å². The topological polar surface area (TPSA) is 73.4 Å². The van der Waals surface area contributed by atoms with Gasteiger partial charge in [0.1, 0.15) is 6.07 Å². The minimum absolute atomic E-state index is 0.142. The van der Waals surface area contributed by atoms with E-state index in [4.69, 9.17) is 22.1 Å². The van der Waals surface area contributed by atoms with E-state index >= 15 is 0 Å². The van der Waals surface area contributed by atoms with Crippen molar-refractivity contribution in [2.75, 3.05) is 0 Å². The van der Waals surface area contributed by atoms with Gasteiger partial charge in [0.2, 0.25) is 11.5 Å². The fraction of sp³-hybridized carbons (Fsp3) is 0. The summed E-state index contributed by atoms with van der Waals surface area (Å²) in [6.07, 6.45) is 0. The van der Waals surface area contributed by atoms with E-state index in [1.54, 1.807) is 12.1 Å². The van der Waals surface area contributed by atoms with Gasteiger partial charge < -0.3 is 5.21 Å². The van der Waals surface area contributed by atoms with Crippen LogP contribution in [0.15, 0.2) is 29.4 Å². The Kier molecular flexibility index (Phi) is 3.21. The molecule has 0 unspecified atom stereocenters. The molecule has 1 aromatic carbocycles. The fourth-order valence-corrected chi connectivity index (χ4v) is 1.11. The predicted octanol–water partition coefficient (Wildman–Crippen LogP) is 1.88. The molecule has 0 aromatic heterocycles. The van der Waals surface area contributed by atoms with Crippen LogP contribution < -0.4 is 0 Å². The summed E-state index contributed by atoms with van der Waals surface area (Å²) in [6, 6.07) is 7.69. The van der Waals surface area contributed by atoms with E-state index in [0.29, 0.717) is 0 Å². The maximum atomic E-state index is 11.4. The van der Waals surface area contributed by atoms with Crippen molar-refractivity contribution < 1.29 is 10.0 Å². The van der Waals surface area contributed by atoms with Crippen LogP contribution in [0.3, 0.4) is 0 Å². The molecule has 0 atom stereocenters. The summed E-state index contributed by atoms with van der Waals surface area (Å²) < 4.78 is 0. The molecule has 0 aliphatic carbocycles. The monoisotopic (exact) mass is 208 g/mol. The highest BCUT2D eigenvalue weighted by Gasteiger charge is 2.16. The van der Waals surface area contributed by atoms with E-state index < -0.39 is 11.5 Å². The first-order valence-electron chi connectivity index (χ1n) is 3.62. The fourth-order valence-electron chi connectivity index (χ4n) is 0.891. The van der Waals surface area contributed by atoms with E-state index in [9.17, 15) is 4.79 Å². The third-order valence-corrected chi connectivity index (χ3v) is 1.87. The second-order valence-electron chi connectivity index (χ2n) is 2.37. The maximum Gasteiger partial charge on any atom is 0.227 e. The Balaban J connectivity index is 3.15. The third kappa shape index (κ3) is 1.90. The van der Waals surface area contributed by atoms with Gasteiger partial charge in [-0.15, -0.1) is 0 Å². The first kappa shape index (κ1) is 10.2. The number of halogens is 1. The molecule has 4 nitrogen and oxygen atoms in total. The van der Waals surface area contributed by atoms with Gasteiger partial charge in [-0.2, -0.15) is 5.26 Å². The van der Waals surface area contributed by atoms with Crippen LogP contribution in [0.1, 0.15) is 10.4 Å². The number of carbonyl (C=O) groups excluding carboxylic acids is 1. The Hall–Kier alpha value is -1.86. The summed E-state index contributed by atoms with van der Waals surface area (Å²) in [7, 11) is 0. The van der Waals surface area contributed by atoms with Crippen LogP contribution in [0.2, 0.25) is 5.02 Å². The molecule has 1 aromatic rings. The number of ketones is 1. The van der Waals surface area contributed by atoms with E-state index in [1.807, 2.05) is 0 Å². The smallest absolute Gasteiger partial charge is 0.227 e. The van der Waals surface area contributed by atoms with Gasteiger partial charge in [-0.05, 0) is 12.1 Å². The molecule has 1 N–H and O–H groups in total. The molecule has 5 heteroatoms. The normalized spacial score (nSPS) is 10.7. The summed E-state index contributed by atoms with van der Waals surface area (Å²) in [5.41, 5.74) is -0.443. The lowest BCUT2D eigenvalue weighted by Crippen LogP contribution is -2.12. The average molecular weight is 209 g/mol. The van der Waals surface area contributed by atoms with Crippen LogP contribution in [0.25, 0.3) is 0 Å². The number of nitriles is 1. The van der Waals surface area contributed by atoms with Crippen LogP contribution in [0.5, 0.6) is 0 Å². The van der Waals surface area contributed by atoms with Crippen molar-refractivity contribution in [1.29, 1.82) is 5.26 Å². The van der Waals surface area contributed by atoms with Crippen LogP contribution in [-0.2, 0) is 0 Å². The number of benzene rings is 1. The average Bonchev–Trinajstić information content (AvgIpc) is 2.20. The molecule has 0 fully saturated rings. The number of Topliss-reactive ketones (excluding diaryl/α,β-unsaturated/α-hetero) is 1. The number of hydrogen-bond acceptors (Lipinski definition) is 4. The van der Waals surface area contributed by atoms with Gasteiger partial charge in [-0.1, -0.05) is 28.9 Å². The van der Waals surface area contributed by atoms with E-state index in [0.717, 1.165) is 0 Å². The first-order chi connectivity index (χ1) is 6.70. The molecule has 0 aliphatic rings. The summed E-state index contributed by atoms with van der Waals surface area (Å²) >= 11 is 5.71. The number of rotatable bonds is 2. The van der Waals surface area contributed by atoms with Crippen LogP contribution in [0, 0.1) is 11.3 Å². The lowest BCUT2D eigenvalue weighted by molar-refractivity contribution is 0.106. The van der Waals surface area contributed by atoms with Gasteiger partial charge in [0.15, 0.2) is 0 Å². The Bertz CT molecular complexity index is 435. The van der Waals surface area contributed by atoms with E-state index in [-0.39, 0.29) is 10.6 Å². The van der Waals surface area contributed by atoms with Crippen molar-refractivity contribution in [3.8, 4) is 6.07 Å². The molecule has 0 bridgehead atoms. The molecule has 0 amide bonds. The van der Waals surface area contributed by atoms with Gasteiger partial charge >= 0.3 is 0 Å². The Morgan fingerprint density at radius 1 is 1.50 bits per heavy atom. The summed E-state index contributed by atoms with van der Waals surface area (Å²) in [5, 5.41) is 19.6. The van der Waals surface area contributed by atoms with Gasteiger partial charge in [-0.3, -0.25) is 4.79 Å². The van der Waals surface area contributed by atoms with Gasteiger partial charge in [0, 0.05) is 5.56 Å². The lowest BCUT2D eigenvalue weighted by atomic mass is 10.1. The zero-order valence-corrected chi connectivity index (χ0v) is 7.69. The number of oxime groups is 1. The highest BCUT2D eigenvalue weighted by molar-refractivity contribution is 6.53. The van der Waals surface area contributed by atoms with Crippen LogP contribution in [-0.4, -0.2) is 16.7 Å². The second-order valence-corrected chi connectivity index (χ2v) is 2.78. The highest BCUT2D eigenvalue weighted by atomic mass is 35.5.